The maximum Gasteiger partial charge on any atom is 0.315 e. The number of halogens is 1. The molecule has 0 bridgehead atoms. The van der Waals surface area contributed by atoms with Crippen LogP contribution in [-0.2, 0) is 16.9 Å². The summed E-state index contributed by atoms with van der Waals surface area (Å²) in [5.74, 6) is -0.955. The molecule has 0 aliphatic heterocycles. The molecule has 1 N–H and O–H groups in total. The number of carbonyl (C=O) groups is 1. The normalized spacial score (nSPS) is 11.6. The van der Waals surface area contributed by atoms with Gasteiger partial charge in [-0.2, -0.15) is 0 Å². The Kier molecular flexibility index (Phi) is 2.66. The van der Waals surface area contributed by atoms with Gasteiger partial charge in [0.1, 0.15) is 17.1 Å². The fourth-order valence-corrected chi connectivity index (χ4v) is 1.58. The molecule has 3 nitrogen and oxygen atoms in total. The van der Waals surface area contributed by atoms with E-state index in [1.54, 1.807) is 19.2 Å². The summed E-state index contributed by atoms with van der Waals surface area (Å²) < 4.78 is 12.1. The van der Waals surface area contributed by atoms with Gasteiger partial charge in [-0.3, -0.25) is 4.79 Å². The quantitative estimate of drug-likeness (QED) is 0.817. The van der Waals surface area contributed by atoms with E-state index in [1.165, 1.54) is 0 Å². The van der Waals surface area contributed by atoms with Crippen molar-refractivity contribution in [3.63, 3.8) is 0 Å². The summed E-state index contributed by atoms with van der Waals surface area (Å²) in [6.45, 7) is 2.46. The van der Waals surface area contributed by atoms with Gasteiger partial charge in [0.15, 0.2) is 0 Å². The summed E-state index contributed by atoms with van der Waals surface area (Å²) in [6.07, 6.45) is 0. The summed E-state index contributed by atoms with van der Waals surface area (Å²) in [7, 11) is 0. The maximum atomic E-state index is 12.1. The van der Waals surface area contributed by atoms with Crippen LogP contribution in [0.1, 0.15) is 24.5 Å². The van der Waals surface area contributed by atoms with Crippen LogP contribution in [0.25, 0.3) is 0 Å². The highest BCUT2D eigenvalue weighted by Crippen LogP contribution is 2.25. The summed E-state index contributed by atoms with van der Waals surface area (Å²) in [6, 6.07) is 0. The number of hydrogen-bond donors (Lipinski definition) is 1. The lowest BCUT2D eigenvalue weighted by Crippen LogP contribution is -2.28. The van der Waals surface area contributed by atoms with Gasteiger partial charge >= 0.3 is 5.97 Å². The molecule has 0 spiro atoms. The Morgan fingerprint density at radius 1 is 1.77 bits per heavy atom. The summed E-state index contributed by atoms with van der Waals surface area (Å²) in [5.41, 5.74) is -0.623. The van der Waals surface area contributed by atoms with Crippen molar-refractivity contribution in [1.82, 2.24) is 4.98 Å². The molecular formula is C8H10FNO2S. The molecule has 5 heteroatoms. The first-order valence-electron chi connectivity index (χ1n) is 3.72. The second-order valence-electron chi connectivity index (χ2n) is 3.19. The second kappa shape index (κ2) is 3.41. The highest BCUT2D eigenvalue weighted by Gasteiger charge is 2.31. The minimum absolute atomic E-state index is 0.323. The van der Waals surface area contributed by atoms with E-state index in [4.69, 9.17) is 5.11 Å². The van der Waals surface area contributed by atoms with Gasteiger partial charge in [0.2, 0.25) is 0 Å². The second-order valence-corrected chi connectivity index (χ2v) is 4.13. The van der Waals surface area contributed by atoms with E-state index in [0.717, 1.165) is 11.3 Å². The Bertz CT molecular complexity index is 322. The molecule has 0 amide bonds. The highest BCUT2D eigenvalue weighted by atomic mass is 32.1. The Morgan fingerprint density at radius 2 is 2.38 bits per heavy atom. The lowest BCUT2D eigenvalue weighted by molar-refractivity contribution is -0.142. The van der Waals surface area contributed by atoms with Gasteiger partial charge in [-0.1, -0.05) is 0 Å². The number of carboxylic acids is 1. The van der Waals surface area contributed by atoms with Crippen LogP contribution in [0.3, 0.4) is 0 Å². The number of hydrogen-bond acceptors (Lipinski definition) is 3. The third kappa shape index (κ3) is 1.85. The van der Waals surface area contributed by atoms with E-state index < -0.39 is 18.1 Å². The third-order valence-corrected chi connectivity index (χ3v) is 2.65. The predicted molar refractivity (Wildman–Crippen MR) is 47.6 cm³/mol. The van der Waals surface area contributed by atoms with Crippen LogP contribution in [0.4, 0.5) is 4.39 Å². The molecule has 0 aromatic carbocycles. The average Bonchev–Trinajstić information content (AvgIpc) is 2.51. The first-order valence-corrected chi connectivity index (χ1v) is 4.60. The maximum absolute atomic E-state index is 12.1. The number of aromatic nitrogens is 1. The molecule has 0 saturated carbocycles. The summed E-state index contributed by atoms with van der Waals surface area (Å²) in [5, 5.41) is 10.8. The molecule has 0 aliphatic carbocycles. The number of alkyl halides is 1. The Hall–Kier alpha value is -0.970. The first-order chi connectivity index (χ1) is 5.98. The average molecular weight is 203 g/mol. The van der Waals surface area contributed by atoms with Crippen LogP contribution >= 0.6 is 11.3 Å². The van der Waals surface area contributed by atoms with Crippen molar-refractivity contribution in [1.29, 1.82) is 0 Å². The van der Waals surface area contributed by atoms with E-state index in [-0.39, 0.29) is 0 Å². The molecule has 1 aromatic heterocycles. The van der Waals surface area contributed by atoms with E-state index in [9.17, 15) is 9.18 Å². The van der Waals surface area contributed by atoms with Crippen LogP contribution in [0.2, 0.25) is 0 Å². The number of rotatable bonds is 3. The van der Waals surface area contributed by atoms with Crippen molar-refractivity contribution in [2.24, 2.45) is 0 Å². The molecule has 0 radical (unpaired) electrons. The van der Waals surface area contributed by atoms with Gasteiger partial charge in [-0.15, -0.1) is 11.3 Å². The molecule has 0 aliphatic rings. The number of aliphatic carboxylic acids is 1. The fraction of sp³-hybridized carbons (Fsp3) is 0.500. The molecule has 13 heavy (non-hydrogen) atoms. The van der Waals surface area contributed by atoms with Crippen molar-refractivity contribution in [3.8, 4) is 0 Å². The van der Waals surface area contributed by atoms with E-state index >= 15 is 0 Å². The first kappa shape index (κ1) is 10.1. The summed E-state index contributed by atoms with van der Waals surface area (Å²) in [4.78, 5) is 14.7. The van der Waals surface area contributed by atoms with Crippen molar-refractivity contribution in [2.75, 3.05) is 0 Å². The van der Waals surface area contributed by atoms with Gasteiger partial charge in [-0.25, -0.2) is 9.37 Å². The van der Waals surface area contributed by atoms with Gasteiger partial charge < -0.3 is 5.11 Å². The third-order valence-electron chi connectivity index (χ3n) is 1.84. The van der Waals surface area contributed by atoms with Gasteiger partial charge in [-0.05, 0) is 13.8 Å². The Morgan fingerprint density at radius 3 is 2.77 bits per heavy atom. The largest absolute Gasteiger partial charge is 0.481 e. The zero-order valence-electron chi connectivity index (χ0n) is 7.37. The fourth-order valence-electron chi connectivity index (χ4n) is 0.769. The predicted octanol–water partition coefficient (Wildman–Crippen LogP) is 1.97. The lowest BCUT2D eigenvalue weighted by Gasteiger charge is -2.15. The minimum atomic E-state index is -1.04. The monoisotopic (exact) mass is 203 g/mol. The van der Waals surface area contributed by atoms with Crippen LogP contribution in [0.5, 0.6) is 0 Å². The number of nitrogens with zero attached hydrogens (tertiary/aromatic N) is 1. The number of thiazole rings is 1. The highest BCUT2D eigenvalue weighted by molar-refractivity contribution is 7.09. The molecule has 1 heterocycles. The molecule has 1 rings (SSSR count). The molecule has 0 fully saturated rings. The molecular weight excluding hydrogens is 193 g/mol. The van der Waals surface area contributed by atoms with Crippen molar-refractivity contribution < 1.29 is 14.3 Å². The van der Waals surface area contributed by atoms with Gasteiger partial charge in [0.05, 0.1) is 5.69 Å². The Balaban J connectivity index is 3.00. The molecule has 0 atom stereocenters. The van der Waals surface area contributed by atoms with Crippen molar-refractivity contribution >= 4 is 17.3 Å². The topological polar surface area (TPSA) is 50.2 Å². The molecule has 0 unspecified atom stereocenters. The number of carboxylic acid groups (broad SMARTS) is 1. The zero-order chi connectivity index (χ0) is 10.1. The van der Waals surface area contributed by atoms with E-state index in [2.05, 4.69) is 4.98 Å². The molecule has 72 valence electrons. The van der Waals surface area contributed by atoms with Crippen LogP contribution in [-0.4, -0.2) is 16.1 Å². The van der Waals surface area contributed by atoms with Crippen LogP contribution in [0.15, 0.2) is 5.38 Å². The SMILES string of the molecule is CC(C)(C(=O)O)c1csc(CF)n1. The minimum Gasteiger partial charge on any atom is -0.481 e. The van der Waals surface area contributed by atoms with E-state index in [0.29, 0.717) is 10.7 Å². The smallest absolute Gasteiger partial charge is 0.315 e. The molecule has 1 aromatic rings. The lowest BCUT2D eigenvalue weighted by atomic mass is 9.90. The van der Waals surface area contributed by atoms with Crippen molar-refractivity contribution in [3.05, 3.63) is 16.1 Å². The zero-order valence-corrected chi connectivity index (χ0v) is 8.19. The molecule has 0 saturated heterocycles. The van der Waals surface area contributed by atoms with Gasteiger partial charge in [0, 0.05) is 5.38 Å². The van der Waals surface area contributed by atoms with E-state index in [1.807, 2.05) is 0 Å². The van der Waals surface area contributed by atoms with Crippen LogP contribution in [0, 0.1) is 0 Å². The van der Waals surface area contributed by atoms with Crippen molar-refractivity contribution in [2.45, 2.75) is 25.9 Å². The summed E-state index contributed by atoms with van der Waals surface area (Å²) >= 11 is 1.14. The Labute approximate surface area is 79.2 Å². The van der Waals surface area contributed by atoms with Crippen LogP contribution < -0.4 is 0 Å². The van der Waals surface area contributed by atoms with Gasteiger partial charge in [0.25, 0.3) is 0 Å². The standard InChI is InChI=1S/C8H10FNO2S/c1-8(2,7(11)12)5-4-13-6(3-9)10-5/h4H,3H2,1-2H3,(H,11,12).